The van der Waals surface area contributed by atoms with Crippen molar-refractivity contribution in [3.05, 3.63) is 29.0 Å². The lowest BCUT2D eigenvalue weighted by atomic mass is 10.3. The van der Waals surface area contributed by atoms with Crippen molar-refractivity contribution < 1.29 is 14.7 Å². The summed E-state index contributed by atoms with van der Waals surface area (Å²) in [7, 11) is 0. The number of hydrogen-bond donors (Lipinski definition) is 1. The molecule has 0 aromatic carbocycles. The number of nitrogens with zero attached hydrogens (tertiary/aromatic N) is 4. The van der Waals surface area contributed by atoms with Crippen LogP contribution in [0.1, 0.15) is 28.2 Å². The molecule has 3 rings (SSSR count). The summed E-state index contributed by atoms with van der Waals surface area (Å²) in [5.41, 5.74) is 0.577. The monoisotopic (exact) mass is 318 g/mol. The van der Waals surface area contributed by atoms with Gasteiger partial charge in [-0.15, -0.1) is 11.3 Å². The highest BCUT2D eigenvalue weighted by molar-refractivity contribution is 7.17. The third-order valence-electron chi connectivity index (χ3n) is 3.30. The van der Waals surface area contributed by atoms with Crippen LogP contribution in [-0.2, 0) is 4.79 Å². The molecule has 0 unspecified atom stereocenters. The van der Waals surface area contributed by atoms with E-state index in [1.807, 2.05) is 0 Å². The summed E-state index contributed by atoms with van der Waals surface area (Å²) in [4.78, 5) is 38.0. The van der Waals surface area contributed by atoms with E-state index in [-0.39, 0.29) is 18.5 Å². The maximum atomic E-state index is 12.6. The van der Waals surface area contributed by atoms with Crippen LogP contribution in [0.4, 0.5) is 0 Å². The minimum Gasteiger partial charge on any atom is -0.480 e. The molecule has 1 aliphatic carbocycles. The number of carbonyl (C=O) groups is 2. The molecule has 7 nitrogen and oxygen atoms in total. The molecule has 2 aromatic heterocycles. The molecule has 0 aliphatic heterocycles. The Balaban J connectivity index is 1.89. The average molecular weight is 318 g/mol. The lowest BCUT2D eigenvalue weighted by Crippen LogP contribution is -2.37. The van der Waals surface area contributed by atoms with Gasteiger partial charge < -0.3 is 10.0 Å². The van der Waals surface area contributed by atoms with Crippen LogP contribution in [-0.4, -0.2) is 49.4 Å². The van der Waals surface area contributed by atoms with E-state index in [1.54, 1.807) is 25.4 Å². The van der Waals surface area contributed by atoms with Crippen LogP contribution in [0.2, 0.25) is 0 Å². The summed E-state index contributed by atoms with van der Waals surface area (Å²) >= 11 is 1.20. The molecule has 0 saturated heterocycles. The molecule has 2 aromatic rings. The van der Waals surface area contributed by atoms with E-state index in [9.17, 15) is 9.59 Å². The van der Waals surface area contributed by atoms with Gasteiger partial charge in [0.2, 0.25) is 0 Å². The zero-order chi connectivity index (χ0) is 15.7. The standard InChI is InChI=1S/C14H14N4O3S/c1-8-11(14(21)18(7-10(19)20)9-3-4-9)22-13(17-8)12-15-5-2-6-16-12/h2,5-6,9H,3-4,7H2,1H3,(H,19,20). The summed E-state index contributed by atoms with van der Waals surface area (Å²) in [6.45, 7) is 1.46. The molecule has 114 valence electrons. The lowest BCUT2D eigenvalue weighted by molar-refractivity contribution is -0.137. The van der Waals surface area contributed by atoms with Crippen LogP contribution in [0.15, 0.2) is 18.5 Å². The Labute approximate surface area is 130 Å². The highest BCUT2D eigenvalue weighted by atomic mass is 32.1. The SMILES string of the molecule is Cc1nc(-c2ncccn2)sc1C(=O)N(CC(=O)O)C1CC1. The number of rotatable bonds is 5. The van der Waals surface area contributed by atoms with Gasteiger partial charge in [-0.1, -0.05) is 0 Å². The van der Waals surface area contributed by atoms with Gasteiger partial charge in [0.25, 0.3) is 5.91 Å². The first-order valence-corrected chi connectivity index (χ1v) is 7.65. The third-order valence-corrected chi connectivity index (χ3v) is 4.44. The molecule has 22 heavy (non-hydrogen) atoms. The third kappa shape index (κ3) is 2.96. The van der Waals surface area contributed by atoms with Gasteiger partial charge in [-0.3, -0.25) is 9.59 Å². The van der Waals surface area contributed by atoms with E-state index in [1.165, 1.54) is 16.2 Å². The van der Waals surface area contributed by atoms with Crippen molar-refractivity contribution >= 4 is 23.2 Å². The number of carbonyl (C=O) groups excluding carboxylic acids is 1. The molecule has 1 aliphatic rings. The fourth-order valence-electron chi connectivity index (χ4n) is 2.13. The Kier molecular flexibility index (Phi) is 3.84. The summed E-state index contributed by atoms with van der Waals surface area (Å²) in [6.07, 6.45) is 4.93. The Morgan fingerprint density at radius 2 is 2.05 bits per heavy atom. The second-order valence-electron chi connectivity index (χ2n) is 5.06. The average Bonchev–Trinajstić information content (AvgIpc) is 3.27. The summed E-state index contributed by atoms with van der Waals surface area (Å²) in [5.74, 6) is -0.818. The lowest BCUT2D eigenvalue weighted by Gasteiger charge is -2.19. The highest BCUT2D eigenvalue weighted by Crippen LogP contribution is 2.31. The van der Waals surface area contributed by atoms with Gasteiger partial charge in [-0.05, 0) is 25.8 Å². The van der Waals surface area contributed by atoms with Gasteiger partial charge in [0.15, 0.2) is 10.8 Å². The first kappa shape index (κ1) is 14.6. The van der Waals surface area contributed by atoms with Gasteiger partial charge in [0.1, 0.15) is 11.4 Å². The van der Waals surface area contributed by atoms with Crippen molar-refractivity contribution in [2.75, 3.05) is 6.54 Å². The molecule has 0 bridgehead atoms. The van der Waals surface area contributed by atoms with Crippen molar-refractivity contribution in [3.63, 3.8) is 0 Å². The van der Waals surface area contributed by atoms with Crippen LogP contribution in [0.25, 0.3) is 10.8 Å². The van der Waals surface area contributed by atoms with Crippen molar-refractivity contribution in [1.29, 1.82) is 0 Å². The molecule has 1 N–H and O–H groups in total. The van der Waals surface area contributed by atoms with Crippen molar-refractivity contribution in [2.24, 2.45) is 0 Å². The number of amides is 1. The number of aliphatic carboxylic acids is 1. The Bertz CT molecular complexity index is 712. The largest absolute Gasteiger partial charge is 0.480 e. The van der Waals surface area contributed by atoms with Crippen molar-refractivity contribution in [3.8, 4) is 10.8 Å². The molecule has 2 heterocycles. The second-order valence-corrected chi connectivity index (χ2v) is 6.06. The molecule has 1 saturated carbocycles. The predicted molar refractivity (Wildman–Crippen MR) is 79.6 cm³/mol. The summed E-state index contributed by atoms with van der Waals surface area (Å²) < 4.78 is 0. The van der Waals surface area contributed by atoms with E-state index in [2.05, 4.69) is 15.0 Å². The topological polar surface area (TPSA) is 96.3 Å². The fraction of sp³-hybridized carbons (Fsp3) is 0.357. The van der Waals surface area contributed by atoms with Crippen molar-refractivity contribution in [2.45, 2.75) is 25.8 Å². The van der Waals surface area contributed by atoms with Gasteiger partial charge in [-0.2, -0.15) is 0 Å². The van der Waals surface area contributed by atoms with E-state index in [0.717, 1.165) is 12.8 Å². The fourth-order valence-corrected chi connectivity index (χ4v) is 3.10. The molecular weight excluding hydrogens is 304 g/mol. The smallest absolute Gasteiger partial charge is 0.323 e. The predicted octanol–water partition coefficient (Wildman–Crippen LogP) is 1.60. The molecule has 0 atom stereocenters. The normalized spacial score (nSPS) is 13.9. The summed E-state index contributed by atoms with van der Waals surface area (Å²) in [5, 5.41) is 9.55. The van der Waals surface area contributed by atoms with E-state index in [0.29, 0.717) is 21.4 Å². The second kappa shape index (κ2) is 5.80. The van der Waals surface area contributed by atoms with Crippen molar-refractivity contribution in [1.82, 2.24) is 19.9 Å². The number of aryl methyl sites for hydroxylation is 1. The van der Waals surface area contributed by atoms with Gasteiger partial charge in [0.05, 0.1) is 5.69 Å². The number of carboxylic acids is 1. The van der Waals surface area contributed by atoms with E-state index in [4.69, 9.17) is 5.11 Å². The molecule has 1 amide bonds. The zero-order valence-corrected chi connectivity index (χ0v) is 12.7. The van der Waals surface area contributed by atoms with Crippen LogP contribution in [0, 0.1) is 6.92 Å². The van der Waals surface area contributed by atoms with Gasteiger partial charge >= 0.3 is 5.97 Å². The highest BCUT2D eigenvalue weighted by Gasteiger charge is 2.35. The molecule has 0 spiro atoms. The summed E-state index contributed by atoms with van der Waals surface area (Å²) in [6, 6.07) is 1.74. The Morgan fingerprint density at radius 3 is 2.64 bits per heavy atom. The minimum absolute atomic E-state index is 0.0292. The molecular formula is C14H14N4O3S. The maximum absolute atomic E-state index is 12.6. The van der Waals surface area contributed by atoms with E-state index >= 15 is 0 Å². The Hall–Kier alpha value is -2.35. The first-order valence-electron chi connectivity index (χ1n) is 6.84. The van der Waals surface area contributed by atoms with E-state index < -0.39 is 5.97 Å². The number of thiazole rings is 1. The minimum atomic E-state index is -1.01. The van der Waals surface area contributed by atoms with Crippen LogP contribution >= 0.6 is 11.3 Å². The van der Waals surface area contributed by atoms with Gasteiger partial charge in [0, 0.05) is 18.4 Å². The molecule has 0 radical (unpaired) electrons. The van der Waals surface area contributed by atoms with Crippen LogP contribution in [0.5, 0.6) is 0 Å². The first-order chi connectivity index (χ1) is 10.6. The Morgan fingerprint density at radius 1 is 1.36 bits per heavy atom. The van der Waals surface area contributed by atoms with Crippen LogP contribution < -0.4 is 0 Å². The molecule has 1 fully saturated rings. The maximum Gasteiger partial charge on any atom is 0.323 e. The number of hydrogen-bond acceptors (Lipinski definition) is 6. The van der Waals surface area contributed by atoms with Crippen LogP contribution in [0.3, 0.4) is 0 Å². The number of carboxylic acid groups (broad SMARTS) is 1. The van der Waals surface area contributed by atoms with Gasteiger partial charge in [-0.25, -0.2) is 15.0 Å². The molecule has 8 heteroatoms. The quantitative estimate of drug-likeness (QED) is 0.899. The number of aromatic nitrogens is 3. The zero-order valence-electron chi connectivity index (χ0n) is 11.9.